The topological polar surface area (TPSA) is 84.6 Å². The Labute approximate surface area is 86.5 Å². The molecule has 5 nitrogen and oxygen atoms in total. The molecule has 1 aliphatic heterocycles. The van der Waals surface area contributed by atoms with Crippen molar-refractivity contribution < 1.29 is 9.59 Å². The second-order valence-electron chi connectivity index (χ2n) is 2.97. The molecule has 0 aromatic carbocycles. The van der Waals surface area contributed by atoms with Crippen LogP contribution in [0.25, 0.3) is 0 Å². The maximum Gasteiger partial charge on any atom is 0.240 e. The van der Waals surface area contributed by atoms with E-state index in [4.69, 9.17) is 5.73 Å². The summed E-state index contributed by atoms with van der Waals surface area (Å²) in [4.78, 5) is 26.3. The number of rotatable bonds is 3. The van der Waals surface area contributed by atoms with Crippen molar-refractivity contribution in [3.8, 4) is 0 Å². The van der Waals surface area contributed by atoms with Gasteiger partial charge in [0.15, 0.2) is 5.17 Å². The van der Waals surface area contributed by atoms with Gasteiger partial charge in [0, 0.05) is 7.05 Å². The molecule has 0 bridgehead atoms. The van der Waals surface area contributed by atoms with Gasteiger partial charge in [-0.25, -0.2) is 0 Å². The largest absolute Gasteiger partial charge is 0.369 e. The molecule has 1 fully saturated rings. The van der Waals surface area contributed by atoms with E-state index < -0.39 is 17.1 Å². The third-order valence-corrected chi connectivity index (χ3v) is 3.41. The van der Waals surface area contributed by atoms with E-state index in [0.29, 0.717) is 11.6 Å². The van der Waals surface area contributed by atoms with Crippen LogP contribution < -0.4 is 11.1 Å². The summed E-state index contributed by atoms with van der Waals surface area (Å²) in [5, 5.41) is 2.72. The Balaban J connectivity index is 2.78. The zero-order chi connectivity index (χ0) is 10.7. The summed E-state index contributed by atoms with van der Waals surface area (Å²) in [6, 6.07) is 0. The fraction of sp³-hybridized carbons (Fsp3) is 0.625. The molecule has 1 rings (SSSR count). The monoisotopic (exact) mass is 215 g/mol. The number of amides is 2. The van der Waals surface area contributed by atoms with Gasteiger partial charge in [-0.2, -0.15) is 0 Å². The number of nitrogens with one attached hydrogen (secondary N) is 1. The normalized spacial score (nSPS) is 26.3. The predicted octanol–water partition coefficient (Wildman–Crippen LogP) is -0.285. The Morgan fingerprint density at radius 3 is 2.79 bits per heavy atom. The van der Waals surface area contributed by atoms with Crippen LogP contribution in [0.5, 0.6) is 0 Å². The van der Waals surface area contributed by atoms with Crippen LogP contribution in [-0.2, 0) is 9.59 Å². The van der Waals surface area contributed by atoms with Crippen LogP contribution in [0.15, 0.2) is 4.99 Å². The maximum atomic E-state index is 11.4. The molecule has 1 aliphatic rings. The number of aliphatic imine (C=N–C) groups is 1. The summed E-state index contributed by atoms with van der Waals surface area (Å²) < 4.78 is 0. The molecule has 6 heteroatoms. The maximum absolute atomic E-state index is 11.4. The van der Waals surface area contributed by atoms with Gasteiger partial charge in [0.05, 0.1) is 5.92 Å². The minimum atomic E-state index is -0.433. The molecule has 2 atom stereocenters. The lowest BCUT2D eigenvalue weighted by atomic mass is 10.0. The standard InChI is InChI=1S/C8H13N3O2S/c1-3-4(6(9)12)5-7(13)11-8(10-2)14-5/h4-5H,3H2,1-2H3,(H2,9,12)(H,10,11,13). The average Bonchev–Trinajstić information content (AvgIpc) is 2.48. The molecule has 0 aromatic rings. The van der Waals surface area contributed by atoms with Crippen molar-refractivity contribution in [3.63, 3.8) is 0 Å². The number of nitrogens with two attached hydrogens (primary N) is 1. The summed E-state index contributed by atoms with van der Waals surface area (Å²) >= 11 is 1.27. The van der Waals surface area contributed by atoms with Crippen LogP contribution >= 0.6 is 11.8 Å². The zero-order valence-corrected chi connectivity index (χ0v) is 8.93. The van der Waals surface area contributed by atoms with E-state index in [1.165, 1.54) is 11.8 Å². The van der Waals surface area contributed by atoms with Crippen LogP contribution in [0.4, 0.5) is 0 Å². The summed E-state index contributed by atoms with van der Waals surface area (Å²) in [5.74, 6) is -1.03. The van der Waals surface area contributed by atoms with Crippen LogP contribution in [-0.4, -0.2) is 29.3 Å². The molecule has 3 N–H and O–H groups in total. The quantitative estimate of drug-likeness (QED) is 0.678. The van der Waals surface area contributed by atoms with Gasteiger partial charge >= 0.3 is 0 Å². The molecule has 0 aromatic heterocycles. The van der Waals surface area contributed by atoms with Gasteiger partial charge in [-0.05, 0) is 6.42 Å². The summed E-state index contributed by atoms with van der Waals surface area (Å²) in [5.41, 5.74) is 5.20. The molecule has 0 saturated carbocycles. The van der Waals surface area contributed by atoms with Crippen molar-refractivity contribution in [2.24, 2.45) is 16.6 Å². The highest BCUT2D eigenvalue weighted by molar-refractivity contribution is 8.15. The van der Waals surface area contributed by atoms with Crippen LogP contribution in [0.3, 0.4) is 0 Å². The van der Waals surface area contributed by atoms with Gasteiger partial charge in [-0.15, -0.1) is 0 Å². The summed E-state index contributed by atoms with van der Waals surface area (Å²) in [6.45, 7) is 1.84. The van der Waals surface area contributed by atoms with E-state index in [1.807, 2.05) is 6.92 Å². The van der Waals surface area contributed by atoms with Crippen molar-refractivity contribution in [1.82, 2.24) is 5.32 Å². The molecule has 14 heavy (non-hydrogen) atoms. The van der Waals surface area contributed by atoms with Crippen LogP contribution in [0.2, 0.25) is 0 Å². The second kappa shape index (κ2) is 4.45. The minimum Gasteiger partial charge on any atom is -0.369 e. The number of carbonyl (C=O) groups excluding carboxylic acids is 2. The third-order valence-electron chi connectivity index (χ3n) is 2.10. The highest BCUT2D eigenvalue weighted by Crippen LogP contribution is 2.27. The number of nitrogens with zero attached hydrogens (tertiary/aromatic N) is 1. The van der Waals surface area contributed by atoms with Crippen molar-refractivity contribution in [2.45, 2.75) is 18.6 Å². The number of amidine groups is 1. The van der Waals surface area contributed by atoms with Gasteiger partial charge < -0.3 is 11.1 Å². The molecule has 2 amide bonds. The Hall–Kier alpha value is -1.04. The molecule has 0 spiro atoms. The molecular weight excluding hydrogens is 202 g/mol. The zero-order valence-electron chi connectivity index (χ0n) is 8.11. The Morgan fingerprint density at radius 2 is 2.43 bits per heavy atom. The molecule has 0 aliphatic carbocycles. The second-order valence-corrected chi connectivity index (χ2v) is 4.10. The highest BCUT2D eigenvalue weighted by atomic mass is 32.2. The summed E-state index contributed by atoms with van der Waals surface area (Å²) in [6.07, 6.45) is 0.567. The fourth-order valence-corrected chi connectivity index (χ4v) is 2.48. The first-order chi connectivity index (χ1) is 6.60. The molecule has 2 unspecified atom stereocenters. The van der Waals surface area contributed by atoms with E-state index in [0.717, 1.165) is 0 Å². The molecular formula is C8H13N3O2S. The van der Waals surface area contributed by atoms with E-state index in [-0.39, 0.29) is 5.91 Å². The van der Waals surface area contributed by atoms with Gasteiger partial charge in [0.25, 0.3) is 0 Å². The van der Waals surface area contributed by atoms with Crippen LogP contribution in [0, 0.1) is 5.92 Å². The lowest BCUT2D eigenvalue weighted by molar-refractivity contribution is -0.126. The number of carbonyl (C=O) groups is 2. The van der Waals surface area contributed by atoms with E-state index in [1.54, 1.807) is 7.05 Å². The first-order valence-corrected chi connectivity index (χ1v) is 5.21. The third kappa shape index (κ3) is 2.06. The number of primary amides is 1. The van der Waals surface area contributed by atoms with Gasteiger partial charge in [0.2, 0.25) is 11.8 Å². The summed E-state index contributed by atoms with van der Waals surface area (Å²) in [7, 11) is 1.59. The van der Waals surface area contributed by atoms with E-state index in [9.17, 15) is 9.59 Å². The number of hydrogen-bond donors (Lipinski definition) is 2. The van der Waals surface area contributed by atoms with E-state index in [2.05, 4.69) is 10.3 Å². The minimum absolute atomic E-state index is 0.179. The Kier molecular flexibility index (Phi) is 3.51. The average molecular weight is 215 g/mol. The van der Waals surface area contributed by atoms with Crippen molar-refractivity contribution in [3.05, 3.63) is 0 Å². The van der Waals surface area contributed by atoms with E-state index >= 15 is 0 Å². The van der Waals surface area contributed by atoms with Crippen molar-refractivity contribution in [2.75, 3.05) is 7.05 Å². The first-order valence-electron chi connectivity index (χ1n) is 4.33. The van der Waals surface area contributed by atoms with Gasteiger partial charge in [0.1, 0.15) is 5.25 Å². The van der Waals surface area contributed by atoms with Gasteiger partial charge in [-0.1, -0.05) is 18.7 Å². The van der Waals surface area contributed by atoms with Gasteiger partial charge in [-0.3, -0.25) is 14.6 Å². The molecule has 1 saturated heterocycles. The fourth-order valence-electron chi connectivity index (χ4n) is 1.32. The predicted molar refractivity (Wildman–Crippen MR) is 55.9 cm³/mol. The Morgan fingerprint density at radius 1 is 1.79 bits per heavy atom. The molecule has 0 radical (unpaired) electrons. The highest BCUT2D eigenvalue weighted by Gasteiger charge is 2.38. The molecule has 78 valence electrons. The lowest BCUT2D eigenvalue weighted by Gasteiger charge is -2.14. The van der Waals surface area contributed by atoms with Crippen molar-refractivity contribution in [1.29, 1.82) is 0 Å². The SMILES string of the molecule is CCC(C(N)=O)C1SC(=NC)NC1=O. The van der Waals surface area contributed by atoms with Crippen molar-refractivity contribution >= 4 is 28.7 Å². The first kappa shape index (κ1) is 11.0. The number of thioether (sulfide) groups is 1. The number of hydrogen-bond acceptors (Lipinski definition) is 4. The van der Waals surface area contributed by atoms with Crippen LogP contribution in [0.1, 0.15) is 13.3 Å². The Bertz CT molecular complexity index is 290. The lowest BCUT2D eigenvalue weighted by Crippen LogP contribution is -2.37. The molecule has 1 heterocycles. The smallest absolute Gasteiger partial charge is 0.240 e.